The summed E-state index contributed by atoms with van der Waals surface area (Å²) in [5, 5.41) is 9.69. The maximum atomic E-state index is 13.2. The highest BCUT2D eigenvalue weighted by atomic mass is 32.2. The molecule has 1 heterocycles. The van der Waals surface area contributed by atoms with Gasteiger partial charge in [0.05, 0.1) is 5.92 Å². The predicted molar refractivity (Wildman–Crippen MR) is 109 cm³/mol. The van der Waals surface area contributed by atoms with Crippen LogP contribution in [0.2, 0.25) is 0 Å². The summed E-state index contributed by atoms with van der Waals surface area (Å²) >= 11 is 1.65. The number of rotatable bonds is 3. The molecular formula is C23H20N2O2S. The lowest BCUT2D eigenvalue weighted by Gasteiger charge is -2.34. The molecule has 2 N–H and O–H groups in total. The van der Waals surface area contributed by atoms with Gasteiger partial charge < -0.3 is 10.5 Å². The van der Waals surface area contributed by atoms with Gasteiger partial charge in [-0.1, -0.05) is 42.5 Å². The van der Waals surface area contributed by atoms with E-state index < -0.39 is 5.92 Å². The zero-order chi connectivity index (χ0) is 19.7. The van der Waals surface area contributed by atoms with Gasteiger partial charge in [-0.25, -0.2) is 0 Å². The third-order valence-corrected chi connectivity index (χ3v) is 6.12. The fourth-order valence-corrected chi connectivity index (χ4v) is 4.41. The zero-order valence-electron chi connectivity index (χ0n) is 15.5. The number of thioether (sulfide) groups is 1. The number of nitrogens with zero attached hydrogens (tertiary/aromatic N) is 1. The van der Waals surface area contributed by atoms with E-state index in [9.17, 15) is 10.1 Å². The quantitative estimate of drug-likeness (QED) is 0.777. The van der Waals surface area contributed by atoms with Gasteiger partial charge in [-0.3, -0.25) is 4.79 Å². The zero-order valence-corrected chi connectivity index (χ0v) is 16.3. The first-order chi connectivity index (χ1) is 13.6. The molecule has 0 saturated heterocycles. The molecule has 1 aliphatic heterocycles. The van der Waals surface area contributed by atoms with E-state index in [0.29, 0.717) is 29.7 Å². The number of nitrogens with two attached hydrogens (primary N) is 1. The van der Waals surface area contributed by atoms with Gasteiger partial charge in [-0.15, -0.1) is 11.8 Å². The Morgan fingerprint density at radius 2 is 1.79 bits per heavy atom. The molecule has 5 heteroatoms. The second-order valence-corrected chi connectivity index (χ2v) is 7.85. The molecule has 0 amide bonds. The number of benzene rings is 2. The lowest BCUT2D eigenvalue weighted by Crippen LogP contribution is -2.29. The van der Waals surface area contributed by atoms with Gasteiger partial charge >= 0.3 is 0 Å². The lowest BCUT2D eigenvalue weighted by molar-refractivity contribution is -0.117. The van der Waals surface area contributed by atoms with Crippen molar-refractivity contribution in [2.24, 2.45) is 5.73 Å². The molecule has 0 saturated carbocycles. The van der Waals surface area contributed by atoms with Crippen molar-refractivity contribution in [2.75, 3.05) is 6.26 Å². The highest BCUT2D eigenvalue weighted by Crippen LogP contribution is 2.46. The first-order valence-corrected chi connectivity index (χ1v) is 10.4. The summed E-state index contributed by atoms with van der Waals surface area (Å²) in [7, 11) is 0. The minimum Gasteiger partial charge on any atom is -0.444 e. The van der Waals surface area contributed by atoms with Crippen molar-refractivity contribution in [1.82, 2.24) is 0 Å². The molecule has 2 atom stereocenters. The number of carbonyl (C=O) groups is 1. The highest BCUT2D eigenvalue weighted by Gasteiger charge is 2.40. The molecule has 0 fully saturated rings. The lowest BCUT2D eigenvalue weighted by atomic mass is 9.73. The standard InChI is InChI=1S/C23H20N2O2S/c1-28-17-9-7-15(8-10-17)21-18(13-24)23(25)27-20-12-16(11-19(26)22(20)21)14-5-3-2-4-6-14/h2-10,16,21H,11-12,25H2,1H3/t16-,21+/m0/s1. The van der Waals surface area contributed by atoms with Crippen molar-refractivity contribution in [3.63, 3.8) is 0 Å². The molecule has 2 aromatic rings. The number of hydrogen-bond acceptors (Lipinski definition) is 5. The first kappa shape index (κ1) is 18.4. The van der Waals surface area contributed by atoms with Gasteiger partial charge in [0.25, 0.3) is 0 Å². The molecule has 0 unspecified atom stereocenters. The van der Waals surface area contributed by atoms with Crippen molar-refractivity contribution >= 4 is 17.5 Å². The van der Waals surface area contributed by atoms with Crippen molar-refractivity contribution in [3.05, 3.63) is 88.5 Å². The van der Waals surface area contributed by atoms with Crippen molar-refractivity contribution in [3.8, 4) is 6.07 Å². The molecule has 4 nitrogen and oxygen atoms in total. The van der Waals surface area contributed by atoms with E-state index in [-0.39, 0.29) is 17.6 Å². The third-order valence-electron chi connectivity index (χ3n) is 5.38. The normalized spacial score (nSPS) is 21.8. The molecule has 0 radical (unpaired) electrons. The highest BCUT2D eigenvalue weighted by molar-refractivity contribution is 7.98. The topological polar surface area (TPSA) is 76.1 Å². The van der Waals surface area contributed by atoms with Crippen LogP contribution in [0.15, 0.2) is 82.3 Å². The second kappa shape index (κ2) is 7.57. The Kier molecular flexibility index (Phi) is 4.97. The van der Waals surface area contributed by atoms with Gasteiger partial charge in [-0.2, -0.15) is 5.26 Å². The fourth-order valence-electron chi connectivity index (χ4n) is 4.00. The van der Waals surface area contributed by atoms with Crippen molar-refractivity contribution in [1.29, 1.82) is 5.26 Å². The maximum absolute atomic E-state index is 13.2. The molecule has 0 aromatic heterocycles. The second-order valence-electron chi connectivity index (χ2n) is 6.97. The Labute approximate surface area is 168 Å². The number of carbonyl (C=O) groups excluding carboxylic acids is 1. The van der Waals surface area contributed by atoms with E-state index in [4.69, 9.17) is 10.5 Å². The Hall–Kier alpha value is -2.97. The molecule has 2 aliphatic rings. The van der Waals surface area contributed by atoms with Crippen LogP contribution in [0.5, 0.6) is 0 Å². The number of ether oxygens (including phenoxy) is 1. The minimum atomic E-state index is -0.464. The van der Waals surface area contributed by atoms with Gasteiger partial charge in [0.15, 0.2) is 5.78 Å². The molecule has 28 heavy (non-hydrogen) atoms. The largest absolute Gasteiger partial charge is 0.444 e. The molecule has 140 valence electrons. The summed E-state index contributed by atoms with van der Waals surface area (Å²) in [6.45, 7) is 0. The van der Waals surface area contributed by atoms with Crippen LogP contribution in [0.4, 0.5) is 0 Å². The van der Waals surface area contributed by atoms with Crippen molar-refractivity contribution in [2.45, 2.75) is 29.6 Å². The Morgan fingerprint density at radius 3 is 2.43 bits per heavy atom. The number of nitriles is 1. The van der Waals surface area contributed by atoms with Crippen LogP contribution in [-0.2, 0) is 9.53 Å². The minimum absolute atomic E-state index is 0.0225. The summed E-state index contributed by atoms with van der Waals surface area (Å²) in [6.07, 6.45) is 3.02. The van der Waals surface area contributed by atoms with E-state index in [1.165, 1.54) is 0 Å². The van der Waals surface area contributed by atoms with Crippen LogP contribution in [0.1, 0.15) is 35.8 Å². The van der Waals surface area contributed by atoms with Gasteiger partial charge in [-0.05, 0) is 35.4 Å². The Bertz CT molecular complexity index is 1020. The van der Waals surface area contributed by atoms with E-state index in [0.717, 1.165) is 16.0 Å². The van der Waals surface area contributed by atoms with E-state index in [2.05, 4.69) is 6.07 Å². The van der Waals surface area contributed by atoms with Crippen molar-refractivity contribution < 1.29 is 9.53 Å². The molecule has 0 spiro atoms. The molecular weight excluding hydrogens is 368 g/mol. The van der Waals surface area contributed by atoms with Crippen LogP contribution in [0.3, 0.4) is 0 Å². The summed E-state index contributed by atoms with van der Waals surface area (Å²) in [6, 6.07) is 20.1. The Morgan fingerprint density at radius 1 is 1.07 bits per heavy atom. The molecule has 0 bridgehead atoms. The number of allylic oxidation sites excluding steroid dienone is 3. The smallest absolute Gasteiger partial charge is 0.205 e. The number of ketones is 1. The molecule has 1 aliphatic carbocycles. The van der Waals surface area contributed by atoms with Gasteiger partial charge in [0, 0.05) is 23.3 Å². The van der Waals surface area contributed by atoms with Gasteiger partial charge in [0.2, 0.25) is 5.88 Å². The first-order valence-electron chi connectivity index (χ1n) is 9.15. The summed E-state index contributed by atoms with van der Waals surface area (Å²) < 4.78 is 5.80. The van der Waals surface area contributed by atoms with Crippen LogP contribution < -0.4 is 5.73 Å². The van der Waals surface area contributed by atoms with Crippen LogP contribution >= 0.6 is 11.8 Å². The SMILES string of the molecule is CSc1ccc([C@@H]2C(C#N)=C(N)OC3=C2C(=O)C[C@H](c2ccccc2)C3)cc1. The Balaban J connectivity index is 1.77. The third kappa shape index (κ3) is 3.21. The average Bonchev–Trinajstić information content (AvgIpc) is 2.73. The van der Waals surface area contributed by atoms with Crippen LogP contribution in [0.25, 0.3) is 0 Å². The van der Waals surface area contributed by atoms with E-state index in [1.807, 2.05) is 60.9 Å². The summed E-state index contributed by atoms with van der Waals surface area (Å²) in [4.78, 5) is 14.3. The number of Topliss-reactive ketones (excluding diaryl/α,β-unsaturated/α-hetero) is 1. The fraction of sp³-hybridized carbons (Fsp3) is 0.217. The average molecular weight is 388 g/mol. The van der Waals surface area contributed by atoms with E-state index >= 15 is 0 Å². The predicted octanol–water partition coefficient (Wildman–Crippen LogP) is 4.62. The summed E-state index contributed by atoms with van der Waals surface area (Å²) in [5.74, 6) is 0.314. The van der Waals surface area contributed by atoms with Crippen LogP contribution in [-0.4, -0.2) is 12.0 Å². The maximum Gasteiger partial charge on any atom is 0.205 e. The molecule has 2 aromatic carbocycles. The van der Waals surface area contributed by atoms with Gasteiger partial charge in [0.1, 0.15) is 17.4 Å². The number of hydrogen-bond donors (Lipinski definition) is 1. The van der Waals surface area contributed by atoms with Crippen LogP contribution in [0, 0.1) is 11.3 Å². The monoisotopic (exact) mass is 388 g/mol. The van der Waals surface area contributed by atoms with E-state index in [1.54, 1.807) is 11.8 Å². The molecule has 4 rings (SSSR count). The summed E-state index contributed by atoms with van der Waals surface area (Å²) in [5.41, 5.74) is 8.98.